The summed E-state index contributed by atoms with van der Waals surface area (Å²) in [5.74, 6) is 0.494. The number of ether oxygens (including phenoxy) is 1. The molecule has 2 N–H and O–H groups in total. The number of hydrogen-bond donors (Lipinski definition) is 1. The molecule has 0 spiro atoms. The van der Waals surface area contributed by atoms with Gasteiger partial charge in [-0.15, -0.1) is 0 Å². The zero-order chi connectivity index (χ0) is 14.8. The molecule has 1 amide bonds. The first-order valence-electron chi connectivity index (χ1n) is 7.08. The van der Waals surface area contributed by atoms with E-state index in [-0.39, 0.29) is 12.1 Å². The lowest BCUT2D eigenvalue weighted by Crippen LogP contribution is -2.41. The SMILES string of the molecule is CC(C)(C)OC(=O)N1CCCC[C@H]1c1ccc(N)nc1. The molecule has 1 saturated heterocycles. The lowest BCUT2D eigenvalue weighted by atomic mass is 9.97. The average Bonchev–Trinajstić information content (AvgIpc) is 2.38. The number of pyridine rings is 1. The number of likely N-dealkylation sites (tertiary alicyclic amines) is 1. The number of nitrogens with zero attached hydrogens (tertiary/aromatic N) is 2. The maximum Gasteiger partial charge on any atom is 0.410 e. The molecule has 2 heterocycles. The van der Waals surface area contributed by atoms with Gasteiger partial charge in [0.05, 0.1) is 6.04 Å². The monoisotopic (exact) mass is 277 g/mol. The van der Waals surface area contributed by atoms with Crippen molar-refractivity contribution in [3.63, 3.8) is 0 Å². The van der Waals surface area contributed by atoms with E-state index in [1.165, 1.54) is 0 Å². The van der Waals surface area contributed by atoms with Crippen molar-refractivity contribution in [2.24, 2.45) is 0 Å². The lowest BCUT2D eigenvalue weighted by Gasteiger charge is -2.36. The van der Waals surface area contributed by atoms with Gasteiger partial charge in [-0.3, -0.25) is 0 Å². The molecule has 0 bridgehead atoms. The van der Waals surface area contributed by atoms with Gasteiger partial charge < -0.3 is 15.4 Å². The second kappa shape index (κ2) is 5.69. The molecule has 1 aliphatic heterocycles. The standard InChI is InChI=1S/C15H23N3O2/c1-15(2,3)20-14(19)18-9-5-4-6-12(18)11-7-8-13(16)17-10-11/h7-8,10,12H,4-6,9H2,1-3H3,(H2,16,17)/t12-/m0/s1. The maximum absolute atomic E-state index is 12.3. The van der Waals surface area contributed by atoms with Gasteiger partial charge in [0.25, 0.3) is 0 Å². The van der Waals surface area contributed by atoms with Crippen LogP contribution >= 0.6 is 0 Å². The predicted octanol–water partition coefficient (Wildman–Crippen LogP) is 3.13. The second-order valence-corrected chi connectivity index (χ2v) is 6.20. The third kappa shape index (κ3) is 3.62. The summed E-state index contributed by atoms with van der Waals surface area (Å²) < 4.78 is 5.49. The Morgan fingerprint density at radius 3 is 2.75 bits per heavy atom. The minimum atomic E-state index is -0.474. The largest absolute Gasteiger partial charge is 0.444 e. The van der Waals surface area contributed by atoms with Crippen LogP contribution in [0.2, 0.25) is 0 Å². The molecule has 0 unspecified atom stereocenters. The number of anilines is 1. The number of carbonyl (C=O) groups excluding carboxylic acids is 1. The van der Waals surface area contributed by atoms with Crippen LogP contribution in [-0.2, 0) is 4.74 Å². The number of rotatable bonds is 1. The van der Waals surface area contributed by atoms with Crippen LogP contribution in [0.25, 0.3) is 0 Å². The molecule has 5 heteroatoms. The Hall–Kier alpha value is -1.78. The highest BCUT2D eigenvalue weighted by Crippen LogP contribution is 2.31. The molecule has 20 heavy (non-hydrogen) atoms. The van der Waals surface area contributed by atoms with Crippen LogP contribution in [0.5, 0.6) is 0 Å². The summed E-state index contributed by atoms with van der Waals surface area (Å²) in [5.41, 5.74) is 6.16. The summed E-state index contributed by atoms with van der Waals surface area (Å²) in [4.78, 5) is 18.3. The van der Waals surface area contributed by atoms with Gasteiger partial charge in [0.15, 0.2) is 0 Å². The molecular formula is C15H23N3O2. The zero-order valence-electron chi connectivity index (χ0n) is 12.4. The number of amides is 1. The first-order valence-corrected chi connectivity index (χ1v) is 7.08. The molecule has 1 aliphatic rings. The van der Waals surface area contributed by atoms with E-state index in [2.05, 4.69) is 4.98 Å². The van der Waals surface area contributed by atoms with Crippen LogP contribution in [0.4, 0.5) is 10.6 Å². The van der Waals surface area contributed by atoms with Gasteiger partial charge in [0.1, 0.15) is 11.4 Å². The smallest absolute Gasteiger partial charge is 0.410 e. The van der Waals surface area contributed by atoms with E-state index in [0.29, 0.717) is 5.82 Å². The Bertz CT molecular complexity index is 465. The number of aromatic nitrogens is 1. The van der Waals surface area contributed by atoms with E-state index in [1.54, 1.807) is 12.3 Å². The van der Waals surface area contributed by atoms with Gasteiger partial charge in [-0.2, -0.15) is 0 Å². The number of hydrogen-bond acceptors (Lipinski definition) is 4. The van der Waals surface area contributed by atoms with E-state index in [1.807, 2.05) is 31.7 Å². The minimum Gasteiger partial charge on any atom is -0.444 e. The number of nitrogen functional groups attached to an aromatic ring is 1. The van der Waals surface area contributed by atoms with Gasteiger partial charge in [0.2, 0.25) is 0 Å². The van der Waals surface area contributed by atoms with E-state index in [0.717, 1.165) is 31.4 Å². The molecule has 5 nitrogen and oxygen atoms in total. The summed E-state index contributed by atoms with van der Waals surface area (Å²) in [6.07, 6.45) is 4.55. The second-order valence-electron chi connectivity index (χ2n) is 6.20. The highest BCUT2D eigenvalue weighted by molar-refractivity contribution is 5.69. The van der Waals surface area contributed by atoms with E-state index in [9.17, 15) is 4.79 Å². The third-order valence-electron chi connectivity index (χ3n) is 3.32. The highest BCUT2D eigenvalue weighted by Gasteiger charge is 2.31. The molecule has 1 atom stereocenters. The number of carbonyl (C=O) groups is 1. The van der Waals surface area contributed by atoms with Gasteiger partial charge in [0, 0.05) is 12.7 Å². The first-order chi connectivity index (χ1) is 9.37. The van der Waals surface area contributed by atoms with Gasteiger partial charge >= 0.3 is 6.09 Å². The fraction of sp³-hybridized carbons (Fsp3) is 0.600. The summed E-state index contributed by atoms with van der Waals surface area (Å²) >= 11 is 0. The molecule has 0 aliphatic carbocycles. The first kappa shape index (κ1) is 14.6. The Kier molecular flexibility index (Phi) is 4.16. The van der Waals surface area contributed by atoms with Crippen molar-refractivity contribution < 1.29 is 9.53 Å². The minimum absolute atomic E-state index is 0.0340. The van der Waals surface area contributed by atoms with Crippen molar-refractivity contribution in [3.8, 4) is 0 Å². The molecule has 2 rings (SSSR count). The van der Waals surface area contributed by atoms with E-state index < -0.39 is 5.60 Å². The van der Waals surface area contributed by atoms with Crippen molar-refractivity contribution in [3.05, 3.63) is 23.9 Å². The van der Waals surface area contributed by atoms with E-state index >= 15 is 0 Å². The molecule has 0 saturated carbocycles. The third-order valence-corrected chi connectivity index (χ3v) is 3.32. The van der Waals surface area contributed by atoms with Gasteiger partial charge in [-0.1, -0.05) is 6.07 Å². The molecule has 1 fully saturated rings. The topological polar surface area (TPSA) is 68.5 Å². The average molecular weight is 277 g/mol. The zero-order valence-corrected chi connectivity index (χ0v) is 12.4. The molecule has 0 aromatic carbocycles. The quantitative estimate of drug-likeness (QED) is 0.856. The highest BCUT2D eigenvalue weighted by atomic mass is 16.6. The van der Waals surface area contributed by atoms with E-state index in [4.69, 9.17) is 10.5 Å². The maximum atomic E-state index is 12.3. The molecular weight excluding hydrogens is 254 g/mol. The lowest BCUT2D eigenvalue weighted by molar-refractivity contribution is 0.00949. The van der Waals surface area contributed by atoms with Crippen molar-refractivity contribution in [2.75, 3.05) is 12.3 Å². The van der Waals surface area contributed by atoms with Crippen molar-refractivity contribution in [1.29, 1.82) is 0 Å². The Balaban J connectivity index is 2.16. The Morgan fingerprint density at radius 1 is 1.40 bits per heavy atom. The van der Waals surface area contributed by atoms with Gasteiger partial charge in [-0.25, -0.2) is 9.78 Å². The summed E-state index contributed by atoms with van der Waals surface area (Å²) in [5, 5.41) is 0. The summed E-state index contributed by atoms with van der Waals surface area (Å²) in [6.45, 7) is 6.38. The Labute approximate surface area is 120 Å². The fourth-order valence-corrected chi connectivity index (χ4v) is 2.43. The Morgan fingerprint density at radius 2 is 2.15 bits per heavy atom. The van der Waals surface area contributed by atoms with Crippen molar-refractivity contribution in [2.45, 2.75) is 51.7 Å². The van der Waals surface area contributed by atoms with Gasteiger partial charge in [-0.05, 0) is 51.7 Å². The molecule has 1 aromatic rings. The molecule has 0 radical (unpaired) electrons. The number of nitrogens with two attached hydrogens (primary N) is 1. The summed E-state index contributed by atoms with van der Waals surface area (Å²) in [7, 11) is 0. The van der Waals surface area contributed by atoms with Crippen LogP contribution in [0, 0.1) is 0 Å². The van der Waals surface area contributed by atoms with Crippen LogP contribution in [0.3, 0.4) is 0 Å². The molecule has 110 valence electrons. The van der Waals surface area contributed by atoms with Crippen LogP contribution in [-0.4, -0.2) is 28.1 Å². The van der Waals surface area contributed by atoms with Crippen LogP contribution in [0.15, 0.2) is 18.3 Å². The predicted molar refractivity (Wildman–Crippen MR) is 78.2 cm³/mol. The normalized spacial score (nSPS) is 19.8. The van der Waals surface area contributed by atoms with Crippen molar-refractivity contribution >= 4 is 11.9 Å². The number of piperidine rings is 1. The van der Waals surface area contributed by atoms with Crippen LogP contribution in [0.1, 0.15) is 51.6 Å². The van der Waals surface area contributed by atoms with Crippen molar-refractivity contribution in [1.82, 2.24) is 9.88 Å². The fourth-order valence-electron chi connectivity index (χ4n) is 2.43. The molecule has 1 aromatic heterocycles. The van der Waals surface area contributed by atoms with Crippen LogP contribution < -0.4 is 5.73 Å². The summed E-state index contributed by atoms with van der Waals surface area (Å²) in [6, 6.07) is 3.75.